The molecular weight excluding hydrogens is 274 g/mol. The Bertz CT molecular complexity index is 664. The maximum Gasteiger partial charge on any atom is 0.221 e. The Hall–Kier alpha value is -2.36. The molecule has 3 rings (SSSR count). The lowest BCUT2D eigenvalue weighted by molar-refractivity contribution is -0.114. The van der Waals surface area contributed by atoms with Crippen molar-refractivity contribution in [2.45, 2.75) is 38.6 Å². The van der Waals surface area contributed by atoms with E-state index >= 15 is 0 Å². The fourth-order valence-electron chi connectivity index (χ4n) is 2.92. The van der Waals surface area contributed by atoms with E-state index in [1.165, 1.54) is 32.6 Å². The van der Waals surface area contributed by atoms with E-state index in [1.54, 1.807) is 0 Å². The Labute approximate surface area is 130 Å². The van der Waals surface area contributed by atoms with Crippen LogP contribution < -0.4 is 5.32 Å². The smallest absolute Gasteiger partial charge is 0.221 e. The van der Waals surface area contributed by atoms with Crippen molar-refractivity contribution in [3.63, 3.8) is 0 Å². The number of carbonyl (C=O) groups is 1. The van der Waals surface area contributed by atoms with Gasteiger partial charge in [0.2, 0.25) is 5.91 Å². The summed E-state index contributed by atoms with van der Waals surface area (Å²) < 4.78 is 2.31. The molecule has 0 saturated heterocycles. The second kappa shape index (κ2) is 6.60. The normalized spacial score (nSPS) is 15.5. The first-order chi connectivity index (χ1) is 10.7. The maximum atomic E-state index is 11.0. The molecule has 4 nitrogen and oxygen atoms in total. The van der Waals surface area contributed by atoms with Crippen LogP contribution in [-0.4, -0.2) is 16.7 Å². The fourth-order valence-corrected chi connectivity index (χ4v) is 2.92. The minimum Gasteiger partial charge on any atom is -0.351 e. The fraction of sp³-hybridized carbons (Fsp3) is 0.333. The van der Waals surface area contributed by atoms with Crippen LogP contribution in [-0.2, 0) is 4.79 Å². The van der Waals surface area contributed by atoms with Gasteiger partial charge in [-0.2, -0.15) is 0 Å². The molecule has 0 spiro atoms. The number of amides is 1. The Kier molecular flexibility index (Phi) is 4.37. The van der Waals surface area contributed by atoms with Gasteiger partial charge in [0.05, 0.1) is 5.69 Å². The van der Waals surface area contributed by atoms with Crippen LogP contribution in [0.3, 0.4) is 0 Å². The monoisotopic (exact) mass is 295 g/mol. The van der Waals surface area contributed by atoms with Gasteiger partial charge in [-0.25, -0.2) is 0 Å². The van der Waals surface area contributed by atoms with Gasteiger partial charge in [0.25, 0.3) is 0 Å². The Morgan fingerprint density at radius 1 is 1.23 bits per heavy atom. The van der Waals surface area contributed by atoms with Crippen LogP contribution in [0, 0.1) is 0 Å². The molecule has 114 valence electrons. The molecule has 2 aromatic rings. The quantitative estimate of drug-likeness (QED) is 0.839. The van der Waals surface area contributed by atoms with Gasteiger partial charge < -0.3 is 9.88 Å². The summed E-state index contributed by atoms with van der Waals surface area (Å²) in [7, 11) is 0. The Morgan fingerprint density at radius 2 is 1.95 bits per heavy atom. The number of hydrogen-bond donors (Lipinski definition) is 1. The molecule has 1 amide bonds. The number of nitrogens with one attached hydrogen (secondary N) is 1. The van der Waals surface area contributed by atoms with Crippen molar-refractivity contribution in [1.82, 2.24) is 4.57 Å². The highest BCUT2D eigenvalue weighted by Crippen LogP contribution is 2.29. The van der Waals surface area contributed by atoms with Crippen LogP contribution in [0.2, 0.25) is 0 Å². The highest BCUT2D eigenvalue weighted by Gasteiger charge is 2.15. The molecule has 1 aliphatic carbocycles. The predicted octanol–water partition coefficient (Wildman–Crippen LogP) is 4.31. The van der Waals surface area contributed by atoms with Gasteiger partial charge in [-0.1, -0.05) is 12.8 Å². The van der Waals surface area contributed by atoms with Crippen LogP contribution in [0.4, 0.5) is 11.4 Å². The summed E-state index contributed by atoms with van der Waals surface area (Å²) in [5.74, 6) is -0.0653. The van der Waals surface area contributed by atoms with E-state index in [1.807, 2.05) is 30.5 Å². The van der Waals surface area contributed by atoms with Gasteiger partial charge in [-0.15, -0.1) is 0 Å². The zero-order chi connectivity index (χ0) is 15.4. The first-order valence-corrected chi connectivity index (χ1v) is 7.80. The van der Waals surface area contributed by atoms with Crippen molar-refractivity contribution >= 4 is 23.5 Å². The summed E-state index contributed by atoms with van der Waals surface area (Å²) in [5, 5.41) is 2.75. The SMILES string of the molecule is CC(=O)Nc1ccc(N=Cc2ccn(C3CCCC3)c2)cc1. The lowest BCUT2D eigenvalue weighted by Gasteiger charge is -2.10. The minimum absolute atomic E-state index is 0.0653. The molecule has 0 aliphatic heterocycles. The number of rotatable bonds is 4. The second-order valence-corrected chi connectivity index (χ2v) is 5.82. The maximum absolute atomic E-state index is 11.0. The van der Waals surface area contributed by atoms with E-state index in [0.717, 1.165) is 16.9 Å². The van der Waals surface area contributed by atoms with Gasteiger partial charge in [-0.05, 0) is 43.2 Å². The lowest BCUT2D eigenvalue weighted by Crippen LogP contribution is -2.04. The molecule has 1 heterocycles. The van der Waals surface area contributed by atoms with Gasteiger partial charge >= 0.3 is 0 Å². The average molecular weight is 295 g/mol. The summed E-state index contributed by atoms with van der Waals surface area (Å²) in [4.78, 5) is 15.5. The molecule has 1 fully saturated rings. The van der Waals surface area contributed by atoms with Crippen molar-refractivity contribution < 1.29 is 4.79 Å². The number of carbonyl (C=O) groups excluding carboxylic acids is 1. The van der Waals surface area contributed by atoms with Crippen molar-refractivity contribution in [1.29, 1.82) is 0 Å². The Balaban J connectivity index is 1.64. The first kappa shape index (κ1) is 14.6. The summed E-state index contributed by atoms with van der Waals surface area (Å²) in [6.45, 7) is 1.50. The summed E-state index contributed by atoms with van der Waals surface area (Å²) in [6.07, 6.45) is 11.5. The molecule has 0 radical (unpaired) electrons. The molecule has 22 heavy (non-hydrogen) atoms. The third-order valence-electron chi connectivity index (χ3n) is 4.03. The number of anilines is 1. The van der Waals surface area contributed by atoms with Crippen LogP contribution in [0.15, 0.2) is 47.7 Å². The number of aromatic nitrogens is 1. The molecule has 1 aliphatic rings. The third-order valence-corrected chi connectivity index (χ3v) is 4.03. The van der Waals surface area contributed by atoms with Gasteiger partial charge in [0.1, 0.15) is 0 Å². The van der Waals surface area contributed by atoms with Crippen molar-refractivity contribution in [2.24, 2.45) is 4.99 Å². The van der Waals surface area contributed by atoms with Crippen LogP contribution in [0.5, 0.6) is 0 Å². The highest BCUT2D eigenvalue weighted by atomic mass is 16.1. The van der Waals surface area contributed by atoms with Crippen LogP contribution in [0.25, 0.3) is 0 Å². The molecule has 1 saturated carbocycles. The lowest BCUT2D eigenvalue weighted by atomic mass is 10.2. The third kappa shape index (κ3) is 3.64. The van der Waals surface area contributed by atoms with E-state index in [2.05, 4.69) is 33.3 Å². The zero-order valence-electron chi connectivity index (χ0n) is 12.8. The van der Waals surface area contributed by atoms with E-state index in [4.69, 9.17) is 0 Å². The minimum atomic E-state index is -0.0653. The number of hydrogen-bond acceptors (Lipinski definition) is 2. The van der Waals surface area contributed by atoms with E-state index < -0.39 is 0 Å². The summed E-state index contributed by atoms with van der Waals surface area (Å²) >= 11 is 0. The molecule has 0 atom stereocenters. The highest BCUT2D eigenvalue weighted by molar-refractivity contribution is 5.89. The number of aliphatic imine (C=N–C) groups is 1. The van der Waals surface area contributed by atoms with Crippen molar-refractivity contribution in [3.05, 3.63) is 48.3 Å². The van der Waals surface area contributed by atoms with Gasteiger partial charge in [-0.3, -0.25) is 9.79 Å². The van der Waals surface area contributed by atoms with Gasteiger partial charge in [0.15, 0.2) is 0 Å². The molecule has 4 heteroatoms. The van der Waals surface area contributed by atoms with Crippen LogP contribution >= 0.6 is 0 Å². The predicted molar refractivity (Wildman–Crippen MR) is 89.9 cm³/mol. The molecular formula is C18H21N3O. The molecule has 0 unspecified atom stereocenters. The topological polar surface area (TPSA) is 46.4 Å². The average Bonchev–Trinajstić information content (AvgIpc) is 3.17. The van der Waals surface area contributed by atoms with Gasteiger partial charge in [0, 0.05) is 42.8 Å². The second-order valence-electron chi connectivity index (χ2n) is 5.82. The molecule has 1 aromatic heterocycles. The summed E-state index contributed by atoms with van der Waals surface area (Å²) in [6, 6.07) is 10.3. The summed E-state index contributed by atoms with van der Waals surface area (Å²) in [5.41, 5.74) is 2.79. The van der Waals surface area contributed by atoms with E-state index in [9.17, 15) is 4.79 Å². The van der Waals surface area contributed by atoms with E-state index in [0.29, 0.717) is 6.04 Å². The zero-order valence-corrected chi connectivity index (χ0v) is 12.8. The number of nitrogens with zero attached hydrogens (tertiary/aromatic N) is 2. The standard InChI is InChI=1S/C18H21N3O/c1-14(22)20-17-8-6-16(7-9-17)19-12-15-10-11-21(13-15)18-4-2-3-5-18/h6-13,18H,2-5H2,1H3,(H,20,22). The van der Waals surface area contributed by atoms with Crippen molar-refractivity contribution in [2.75, 3.05) is 5.32 Å². The largest absolute Gasteiger partial charge is 0.351 e. The number of benzene rings is 1. The molecule has 1 aromatic carbocycles. The Morgan fingerprint density at radius 3 is 2.64 bits per heavy atom. The van der Waals surface area contributed by atoms with E-state index in [-0.39, 0.29) is 5.91 Å². The van der Waals surface area contributed by atoms with Crippen LogP contribution in [0.1, 0.15) is 44.2 Å². The molecule has 1 N–H and O–H groups in total. The first-order valence-electron chi connectivity index (χ1n) is 7.80. The van der Waals surface area contributed by atoms with Crippen molar-refractivity contribution in [3.8, 4) is 0 Å². The molecule has 0 bridgehead atoms.